The number of halogens is 2. The van der Waals surface area contributed by atoms with Gasteiger partial charge in [-0.25, -0.2) is 5.01 Å². The van der Waals surface area contributed by atoms with Crippen LogP contribution < -0.4 is 0 Å². The summed E-state index contributed by atoms with van der Waals surface area (Å²) in [5.74, 6) is 0.577. The van der Waals surface area contributed by atoms with Crippen LogP contribution in [0.15, 0.2) is 23.3 Å². The third-order valence-corrected chi connectivity index (χ3v) is 6.01. The quantitative estimate of drug-likeness (QED) is 0.813. The van der Waals surface area contributed by atoms with E-state index in [0.29, 0.717) is 22.4 Å². The van der Waals surface area contributed by atoms with E-state index in [1.54, 1.807) is 5.01 Å². The Morgan fingerprint density at radius 1 is 1.22 bits per heavy atom. The molecular formula is C17H19Cl2N3O. The number of hydrazone groups is 1. The molecule has 122 valence electrons. The van der Waals surface area contributed by atoms with Gasteiger partial charge in [0.05, 0.1) is 21.8 Å². The Kier molecular flexibility index (Phi) is 3.87. The molecule has 4 aliphatic heterocycles. The number of carbonyl (C=O) groups excluding carboxylic acids is 1. The van der Waals surface area contributed by atoms with Crippen molar-refractivity contribution in [2.75, 3.05) is 13.1 Å². The van der Waals surface area contributed by atoms with Crippen LogP contribution in [0.2, 0.25) is 10.0 Å². The first-order chi connectivity index (χ1) is 11.1. The van der Waals surface area contributed by atoms with E-state index < -0.39 is 0 Å². The highest BCUT2D eigenvalue weighted by Gasteiger charge is 2.50. The molecule has 23 heavy (non-hydrogen) atoms. The van der Waals surface area contributed by atoms with Crippen molar-refractivity contribution in [1.82, 2.24) is 9.91 Å². The first-order valence-corrected chi connectivity index (χ1v) is 8.95. The Bertz CT molecular complexity index is 682. The molecule has 6 heteroatoms. The number of carbonyl (C=O) groups is 1. The average molecular weight is 352 g/mol. The molecule has 0 saturated carbocycles. The second-order valence-electron chi connectivity index (χ2n) is 6.49. The van der Waals surface area contributed by atoms with Crippen molar-refractivity contribution in [3.05, 3.63) is 33.8 Å². The highest BCUT2D eigenvalue weighted by atomic mass is 35.5. The molecule has 5 rings (SSSR count). The van der Waals surface area contributed by atoms with E-state index in [1.807, 2.05) is 25.1 Å². The molecule has 0 spiro atoms. The van der Waals surface area contributed by atoms with Gasteiger partial charge in [0, 0.05) is 12.3 Å². The Hall–Kier alpha value is -1.10. The minimum absolute atomic E-state index is 0.0589. The number of rotatable bonds is 2. The first-order valence-electron chi connectivity index (χ1n) is 8.19. The van der Waals surface area contributed by atoms with E-state index in [4.69, 9.17) is 28.3 Å². The van der Waals surface area contributed by atoms with Crippen LogP contribution in [0.25, 0.3) is 0 Å². The van der Waals surface area contributed by atoms with Crippen molar-refractivity contribution in [3.8, 4) is 0 Å². The van der Waals surface area contributed by atoms with Crippen molar-refractivity contribution in [2.45, 2.75) is 38.3 Å². The van der Waals surface area contributed by atoms with E-state index in [1.165, 1.54) is 5.71 Å². The summed E-state index contributed by atoms with van der Waals surface area (Å²) in [5.41, 5.74) is 2.19. The van der Waals surface area contributed by atoms with Gasteiger partial charge in [-0.1, -0.05) is 36.2 Å². The minimum Gasteiger partial charge on any atom is -0.293 e. The Morgan fingerprint density at radius 3 is 2.61 bits per heavy atom. The molecule has 1 aromatic carbocycles. The fourth-order valence-corrected chi connectivity index (χ4v) is 4.42. The van der Waals surface area contributed by atoms with Crippen molar-refractivity contribution in [3.63, 3.8) is 0 Å². The molecule has 0 N–H and O–H groups in total. The molecule has 0 aliphatic carbocycles. The molecule has 4 aliphatic rings. The van der Waals surface area contributed by atoms with Gasteiger partial charge in [-0.15, -0.1) is 0 Å². The molecule has 4 nitrogen and oxygen atoms in total. The number of benzene rings is 1. The maximum atomic E-state index is 12.5. The van der Waals surface area contributed by atoms with Gasteiger partial charge in [-0.2, -0.15) is 5.10 Å². The third-order valence-electron chi connectivity index (χ3n) is 5.27. The summed E-state index contributed by atoms with van der Waals surface area (Å²) in [7, 11) is 0. The summed E-state index contributed by atoms with van der Waals surface area (Å²) in [6.45, 7) is 4.05. The van der Waals surface area contributed by atoms with Crippen LogP contribution in [0, 0.1) is 5.92 Å². The summed E-state index contributed by atoms with van der Waals surface area (Å²) >= 11 is 12.3. The molecular weight excluding hydrogens is 333 g/mol. The van der Waals surface area contributed by atoms with Crippen molar-refractivity contribution in [1.29, 1.82) is 0 Å². The lowest BCUT2D eigenvalue weighted by Gasteiger charge is -2.46. The van der Waals surface area contributed by atoms with Crippen LogP contribution >= 0.6 is 23.2 Å². The lowest BCUT2D eigenvalue weighted by atomic mass is 9.78. The fourth-order valence-electron chi connectivity index (χ4n) is 4.12. The molecule has 1 amide bonds. The smallest absolute Gasteiger partial charge is 0.243 e. The predicted molar refractivity (Wildman–Crippen MR) is 91.9 cm³/mol. The molecule has 0 unspecified atom stereocenters. The third kappa shape index (κ3) is 2.39. The van der Waals surface area contributed by atoms with Gasteiger partial charge < -0.3 is 0 Å². The topological polar surface area (TPSA) is 35.9 Å². The predicted octanol–water partition coefficient (Wildman–Crippen LogP) is 3.74. The molecule has 2 bridgehead atoms. The van der Waals surface area contributed by atoms with Crippen LogP contribution in [0.5, 0.6) is 0 Å². The molecule has 3 saturated heterocycles. The zero-order chi connectivity index (χ0) is 16.1. The van der Waals surface area contributed by atoms with Crippen molar-refractivity contribution < 1.29 is 4.79 Å². The maximum Gasteiger partial charge on any atom is 0.243 e. The normalized spacial score (nSPS) is 32.0. The van der Waals surface area contributed by atoms with Crippen LogP contribution in [-0.4, -0.2) is 40.7 Å². The maximum absolute atomic E-state index is 12.5. The standard InChI is InChI=1S/C17H19Cl2N3O/c1-2-14(23)22-16(11-3-4-12(18)13(19)9-11)17-15(20-22)10-5-7-21(17)8-6-10/h3-4,9-10,16-17H,2,5-8H2,1H3/t16-,17-/m0/s1. The summed E-state index contributed by atoms with van der Waals surface area (Å²) in [6, 6.07) is 5.76. The van der Waals surface area contributed by atoms with E-state index >= 15 is 0 Å². The summed E-state index contributed by atoms with van der Waals surface area (Å²) in [4.78, 5) is 14.9. The Labute approximate surface area is 146 Å². The first kappa shape index (κ1) is 15.4. The molecule has 4 heterocycles. The molecule has 2 atom stereocenters. The van der Waals surface area contributed by atoms with Gasteiger partial charge >= 0.3 is 0 Å². The van der Waals surface area contributed by atoms with Gasteiger partial charge in [-0.05, 0) is 43.6 Å². The second kappa shape index (κ2) is 5.76. The van der Waals surface area contributed by atoms with Crippen molar-refractivity contribution >= 4 is 34.8 Å². The number of nitrogens with zero attached hydrogens (tertiary/aromatic N) is 3. The number of fused-ring (bicyclic) bond motifs is 2. The average Bonchev–Trinajstić information content (AvgIpc) is 3.00. The van der Waals surface area contributed by atoms with E-state index in [9.17, 15) is 4.79 Å². The summed E-state index contributed by atoms with van der Waals surface area (Å²) < 4.78 is 0. The van der Waals surface area contributed by atoms with E-state index in [-0.39, 0.29) is 18.0 Å². The largest absolute Gasteiger partial charge is 0.293 e. The van der Waals surface area contributed by atoms with Crippen LogP contribution in [-0.2, 0) is 4.79 Å². The number of hydrogen-bond donors (Lipinski definition) is 0. The van der Waals surface area contributed by atoms with Crippen LogP contribution in [0.1, 0.15) is 37.8 Å². The van der Waals surface area contributed by atoms with Gasteiger partial charge in [-0.3, -0.25) is 9.69 Å². The van der Waals surface area contributed by atoms with Gasteiger partial charge in [0.1, 0.15) is 6.04 Å². The van der Waals surface area contributed by atoms with Gasteiger partial charge in [0.25, 0.3) is 0 Å². The van der Waals surface area contributed by atoms with Gasteiger partial charge in [0.15, 0.2) is 0 Å². The second-order valence-corrected chi connectivity index (χ2v) is 7.30. The Morgan fingerprint density at radius 2 is 1.96 bits per heavy atom. The molecule has 1 aromatic rings. The summed E-state index contributed by atoms with van der Waals surface area (Å²) in [6.07, 6.45) is 2.75. The summed E-state index contributed by atoms with van der Waals surface area (Å²) in [5, 5.41) is 7.51. The molecule has 0 radical (unpaired) electrons. The number of piperidine rings is 3. The molecule has 0 aromatic heterocycles. The highest BCUT2D eigenvalue weighted by Crippen LogP contribution is 2.44. The van der Waals surface area contributed by atoms with Crippen LogP contribution in [0.3, 0.4) is 0 Å². The lowest BCUT2D eigenvalue weighted by Crippen LogP contribution is -2.56. The van der Waals surface area contributed by atoms with Gasteiger partial charge in [0.2, 0.25) is 5.91 Å². The fraction of sp³-hybridized carbons (Fsp3) is 0.529. The lowest BCUT2D eigenvalue weighted by molar-refractivity contribution is -0.133. The van der Waals surface area contributed by atoms with E-state index in [2.05, 4.69) is 4.90 Å². The zero-order valence-corrected chi connectivity index (χ0v) is 14.5. The van der Waals surface area contributed by atoms with E-state index in [0.717, 1.165) is 31.5 Å². The molecule has 3 fully saturated rings. The SMILES string of the molecule is CCC(=O)N1N=C2C3CCN(CC3)[C@@H]2[C@@H]1c1ccc(Cl)c(Cl)c1. The van der Waals surface area contributed by atoms with Crippen LogP contribution in [0.4, 0.5) is 0 Å². The zero-order valence-electron chi connectivity index (χ0n) is 13.0. The number of hydrogen-bond acceptors (Lipinski definition) is 3. The highest BCUT2D eigenvalue weighted by molar-refractivity contribution is 6.42. The van der Waals surface area contributed by atoms with Crippen molar-refractivity contribution in [2.24, 2.45) is 11.0 Å². The monoisotopic (exact) mass is 351 g/mol. The Balaban J connectivity index is 1.78. The number of amides is 1. The minimum atomic E-state index is -0.0877.